The highest BCUT2D eigenvalue weighted by atomic mass is 16.5. The third kappa shape index (κ3) is 1.64. The molecule has 1 saturated heterocycles. The number of carbonyl (C=O) groups is 1. The SMILES string of the molecule is CC1(C(=O)c2cncnc2)COCC1N. The van der Waals surface area contributed by atoms with E-state index in [0.717, 1.165) is 0 Å². The number of Topliss-reactive ketones (excluding diaryl/α,β-unsaturated/α-hetero) is 1. The number of hydrogen-bond acceptors (Lipinski definition) is 5. The van der Waals surface area contributed by atoms with E-state index < -0.39 is 5.41 Å². The summed E-state index contributed by atoms with van der Waals surface area (Å²) >= 11 is 0. The second-order valence-electron chi connectivity index (χ2n) is 4.00. The summed E-state index contributed by atoms with van der Waals surface area (Å²) in [5.74, 6) is -0.0481. The van der Waals surface area contributed by atoms with Crippen molar-refractivity contribution in [3.63, 3.8) is 0 Å². The lowest BCUT2D eigenvalue weighted by atomic mass is 9.79. The number of ketones is 1. The van der Waals surface area contributed by atoms with Crippen LogP contribution in [0.1, 0.15) is 17.3 Å². The van der Waals surface area contributed by atoms with Crippen molar-refractivity contribution in [1.29, 1.82) is 0 Å². The van der Waals surface area contributed by atoms with Crippen LogP contribution in [0, 0.1) is 5.41 Å². The van der Waals surface area contributed by atoms with E-state index in [-0.39, 0.29) is 11.8 Å². The van der Waals surface area contributed by atoms with Crippen molar-refractivity contribution in [2.24, 2.45) is 11.1 Å². The molecule has 2 N–H and O–H groups in total. The summed E-state index contributed by atoms with van der Waals surface area (Å²) in [6.07, 6.45) is 4.40. The number of nitrogens with zero attached hydrogens (tertiary/aromatic N) is 2. The molecule has 5 nitrogen and oxygen atoms in total. The van der Waals surface area contributed by atoms with Crippen molar-refractivity contribution in [1.82, 2.24) is 9.97 Å². The van der Waals surface area contributed by atoms with E-state index >= 15 is 0 Å². The van der Waals surface area contributed by atoms with Crippen molar-refractivity contribution >= 4 is 5.78 Å². The minimum absolute atomic E-state index is 0.0481. The molecule has 1 aromatic heterocycles. The van der Waals surface area contributed by atoms with Gasteiger partial charge in [-0.2, -0.15) is 0 Å². The van der Waals surface area contributed by atoms with Gasteiger partial charge in [-0.25, -0.2) is 9.97 Å². The largest absolute Gasteiger partial charge is 0.379 e. The lowest BCUT2D eigenvalue weighted by Crippen LogP contribution is -2.44. The first-order chi connectivity index (χ1) is 7.14. The average molecular weight is 207 g/mol. The van der Waals surface area contributed by atoms with Crippen molar-refractivity contribution in [2.45, 2.75) is 13.0 Å². The van der Waals surface area contributed by atoms with Crippen molar-refractivity contribution in [3.8, 4) is 0 Å². The van der Waals surface area contributed by atoms with Gasteiger partial charge >= 0.3 is 0 Å². The summed E-state index contributed by atoms with van der Waals surface area (Å²) in [5, 5.41) is 0. The number of hydrogen-bond donors (Lipinski definition) is 1. The van der Waals surface area contributed by atoms with Gasteiger partial charge in [0, 0.05) is 18.4 Å². The summed E-state index contributed by atoms with van der Waals surface area (Å²) in [5.41, 5.74) is 5.70. The van der Waals surface area contributed by atoms with Gasteiger partial charge in [0.05, 0.1) is 24.2 Å². The smallest absolute Gasteiger partial charge is 0.175 e. The summed E-state index contributed by atoms with van der Waals surface area (Å²) in [4.78, 5) is 19.8. The maximum Gasteiger partial charge on any atom is 0.175 e. The van der Waals surface area contributed by atoms with Crippen LogP contribution in [0.5, 0.6) is 0 Å². The Balaban J connectivity index is 2.28. The fourth-order valence-corrected chi connectivity index (χ4v) is 1.67. The van der Waals surface area contributed by atoms with Gasteiger partial charge in [0.2, 0.25) is 0 Å². The second kappa shape index (κ2) is 3.67. The van der Waals surface area contributed by atoms with Gasteiger partial charge < -0.3 is 10.5 Å². The zero-order chi connectivity index (χ0) is 10.9. The minimum Gasteiger partial charge on any atom is -0.379 e. The fraction of sp³-hybridized carbons (Fsp3) is 0.500. The molecule has 2 unspecified atom stereocenters. The Hall–Kier alpha value is -1.33. The Morgan fingerprint density at radius 2 is 2.27 bits per heavy atom. The van der Waals surface area contributed by atoms with Gasteiger partial charge in [0.15, 0.2) is 5.78 Å². The number of aromatic nitrogens is 2. The number of carbonyl (C=O) groups excluding carboxylic acids is 1. The molecule has 2 rings (SSSR count). The Labute approximate surface area is 87.7 Å². The third-order valence-corrected chi connectivity index (χ3v) is 2.86. The van der Waals surface area contributed by atoms with Gasteiger partial charge in [0.1, 0.15) is 6.33 Å². The molecule has 1 fully saturated rings. The molecular weight excluding hydrogens is 194 g/mol. The van der Waals surface area contributed by atoms with E-state index in [2.05, 4.69) is 9.97 Å². The molecule has 0 radical (unpaired) electrons. The van der Waals surface area contributed by atoms with E-state index in [1.165, 1.54) is 18.7 Å². The average Bonchev–Trinajstić information content (AvgIpc) is 2.61. The van der Waals surface area contributed by atoms with Crippen molar-refractivity contribution in [3.05, 3.63) is 24.3 Å². The highest BCUT2D eigenvalue weighted by molar-refractivity contribution is 6.00. The number of nitrogens with two attached hydrogens (primary N) is 1. The number of ether oxygens (including phenoxy) is 1. The summed E-state index contributed by atoms with van der Waals surface area (Å²) in [6, 6.07) is -0.259. The Morgan fingerprint density at radius 1 is 1.60 bits per heavy atom. The highest BCUT2D eigenvalue weighted by Gasteiger charge is 2.44. The van der Waals surface area contributed by atoms with E-state index in [0.29, 0.717) is 18.8 Å². The first-order valence-electron chi connectivity index (χ1n) is 4.78. The van der Waals surface area contributed by atoms with Crippen LogP contribution in [0.2, 0.25) is 0 Å². The first-order valence-corrected chi connectivity index (χ1v) is 4.78. The van der Waals surface area contributed by atoms with Crippen LogP contribution in [-0.4, -0.2) is 35.0 Å². The zero-order valence-electron chi connectivity index (χ0n) is 8.51. The maximum atomic E-state index is 12.1. The quantitative estimate of drug-likeness (QED) is 0.692. The fourth-order valence-electron chi connectivity index (χ4n) is 1.67. The van der Waals surface area contributed by atoms with Crippen LogP contribution in [-0.2, 0) is 4.74 Å². The summed E-state index contributed by atoms with van der Waals surface area (Å²) in [7, 11) is 0. The predicted molar refractivity (Wildman–Crippen MR) is 53.3 cm³/mol. The predicted octanol–water partition coefficient (Wildman–Crippen LogP) is 0.0231. The normalized spacial score (nSPS) is 30.4. The maximum absolute atomic E-state index is 12.1. The van der Waals surface area contributed by atoms with E-state index in [4.69, 9.17) is 10.5 Å². The van der Waals surface area contributed by atoms with E-state index in [1.807, 2.05) is 6.92 Å². The molecule has 0 bridgehead atoms. The van der Waals surface area contributed by atoms with Gasteiger partial charge in [-0.1, -0.05) is 0 Å². The molecule has 0 spiro atoms. The monoisotopic (exact) mass is 207 g/mol. The molecule has 1 aliphatic rings. The molecule has 0 aliphatic carbocycles. The first kappa shape index (κ1) is 10.2. The number of rotatable bonds is 2. The lowest BCUT2D eigenvalue weighted by Gasteiger charge is -2.24. The topological polar surface area (TPSA) is 78.1 Å². The molecule has 1 aromatic rings. The zero-order valence-corrected chi connectivity index (χ0v) is 8.51. The van der Waals surface area contributed by atoms with Crippen molar-refractivity contribution < 1.29 is 9.53 Å². The molecule has 0 amide bonds. The van der Waals surface area contributed by atoms with E-state index in [1.54, 1.807) is 0 Å². The minimum atomic E-state index is -0.648. The molecule has 80 valence electrons. The van der Waals surface area contributed by atoms with Crippen molar-refractivity contribution in [2.75, 3.05) is 13.2 Å². The van der Waals surface area contributed by atoms with Gasteiger partial charge in [-0.15, -0.1) is 0 Å². The Bertz CT molecular complexity index is 368. The molecule has 0 aromatic carbocycles. The van der Waals surface area contributed by atoms with Crippen LogP contribution < -0.4 is 5.73 Å². The molecule has 2 atom stereocenters. The third-order valence-electron chi connectivity index (χ3n) is 2.86. The Kier molecular flexibility index (Phi) is 2.50. The standard InChI is InChI=1S/C10H13N3O2/c1-10(5-15-4-8(10)11)9(14)7-2-12-6-13-3-7/h2-3,6,8H,4-5,11H2,1H3. The molecule has 2 heterocycles. The van der Waals surface area contributed by atoms with Crippen LogP contribution >= 0.6 is 0 Å². The van der Waals surface area contributed by atoms with Crippen LogP contribution in [0.3, 0.4) is 0 Å². The second-order valence-corrected chi connectivity index (χ2v) is 4.00. The summed E-state index contributed by atoms with van der Waals surface area (Å²) in [6.45, 7) is 2.61. The molecule has 1 aliphatic heterocycles. The van der Waals surface area contributed by atoms with Gasteiger partial charge in [-0.3, -0.25) is 4.79 Å². The Morgan fingerprint density at radius 3 is 2.80 bits per heavy atom. The van der Waals surface area contributed by atoms with Gasteiger partial charge in [0.25, 0.3) is 0 Å². The molecule has 15 heavy (non-hydrogen) atoms. The lowest BCUT2D eigenvalue weighted by molar-refractivity contribution is 0.0767. The molecule has 5 heteroatoms. The van der Waals surface area contributed by atoms with Crippen LogP contribution in [0.15, 0.2) is 18.7 Å². The van der Waals surface area contributed by atoms with Crippen LogP contribution in [0.4, 0.5) is 0 Å². The highest BCUT2D eigenvalue weighted by Crippen LogP contribution is 2.30. The van der Waals surface area contributed by atoms with E-state index in [9.17, 15) is 4.79 Å². The molecule has 0 saturated carbocycles. The summed E-state index contributed by atoms with van der Waals surface area (Å²) < 4.78 is 5.23. The van der Waals surface area contributed by atoms with Crippen LogP contribution in [0.25, 0.3) is 0 Å². The van der Waals surface area contributed by atoms with Gasteiger partial charge in [-0.05, 0) is 6.92 Å². The molecular formula is C10H13N3O2.